The molecule has 0 fully saturated rings. The van der Waals surface area contributed by atoms with E-state index in [1.165, 1.54) is 4.88 Å². The summed E-state index contributed by atoms with van der Waals surface area (Å²) in [6.45, 7) is 4.09. The first-order valence-corrected chi connectivity index (χ1v) is 8.03. The topological polar surface area (TPSA) is 40.5 Å². The average molecular weight is 324 g/mol. The van der Waals surface area contributed by atoms with E-state index in [0.29, 0.717) is 5.02 Å². The Morgan fingerprint density at radius 2 is 2.14 bits per heavy atom. The fourth-order valence-corrected chi connectivity index (χ4v) is 3.42. The molecule has 0 aliphatic carbocycles. The summed E-state index contributed by atoms with van der Waals surface area (Å²) in [4.78, 5) is 15.5. The number of aliphatic carboxylic acids is 1. The molecule has 0 bridgehead atoms. The number of thiophene rings is 1. The Morgan fingerprint density at radius 3 is 2.71 bits per heavy atom. The molecule has 0 spiro atoms. The monoisotopic (exact) mass is 323 g/mol. The summed E-state index contributed by atoms with van der Waals surface area (Å²) in [7, 11) is 0. The molecule has 0 aliphatic heterocycles. The molecule has 0 saturated heterocycles. The minimum atomic E-state index is -0.853. The largest absolute Gasteiger partial charge is 0.480 e. The molecule has 1 aromatic carbocycles. The predicted molar refractivity (Wildman–Crippen MR) is 88.5 cm³/mol. The van der Waals surface area contributed by atoms with E-state index in [1.807, 2.05) is 24.0 Å². The van der Waals surface area contributed by atoms with Gasteiger partial charge in [-0.1, -0.05) is 24.6 Å². The van der Waals surface area contributed by atoms with Crippen LogP contribution in [-0.4, -0.2) is 17.6 Å². The minimum absolute atomic E-state index is 0.00938. The Balaban J connectivity index is 2.32. The van der Waals surface area contributed by atoms with Crippen LogP contribution in [0.25, 0.3) is 0 Å². The Labute approximate surface area is 133 Å². The summed E-state index contributed by atoms with van der Waals surface area (Å²) in [6.07, 6.45) is 0.994. The van der Waals surface area contributed by atoms with Crippen LogP contribution in [0.2, 0.25) is 5.02 Å². The van der Waals surface area contributed by atoms with Crippen LogP contribution in [0, 0.1) is 0 Å². The van der Waals surface area contributed by atoms with E-state index >= 15 is 0 Å². The van der Waals surface area contributed by atoms with Gasteiger partial charge in [0.25, 0.3) is 0 Å². The van der Waals surface area contributed by atoms with Crippen molar-refractivity contribution in [2.75, 3.05) is 11.4 Å². The molecule has 1 N–H and O–H groups in total. The molecule has 0 saturated carbocycles. The number of anilines is 1. The van der Waals surface area contributed by atoms with Gasteiger partial charge in [-0.2, -0.15) is 0 Å². The molecule has 0 radical (unpaired) electrons. The average Bonchev–Trinajstić information content (AvgIpc) is 2.92. The van der Waals surface area contributed by atoms with E-state index in [1.54, 1.807) is 23.5 Å². The molecule has 0 aliphatic rings. The van der Waals surface area contributed by atoms with Gasteiger partial charge in [-0.05, 0) is 43.7 Å². The van der Waals surface area contributed by atoms with Gasteiger partial charge in [-0.25, -0.2) is 0 Å². The van der Waals surface area contributed by atoms with Gasteiger partial charge in [-0.3, -0.25) is 4.79 Å². The van der Waals surface area contributed by atoms with E-state index in [2.05, 4.69) is 19.1 Å². The number of hydrogen-bond donors (Lipinski definition) is 1. The van der Waals surface area contributed by atoms with Gasteiger partial charge in [0.1, 0.15) is 6.54 Å². The van der Waals surface area contributed by atoms with E-state index < -0.39 is 5.97 Å². The number of aryl methyl sites for hydroxylation is 1. The van der Waals surface area contributed by atoms with Crippen LogP contribution in [0.1, 0.15) is 29.6 Å². The van der Waals surface area contributed by atoms with Crippen molar-refractivity contribution >= 4 is 34.6 Å². The van der Waals surface area contributed by atoms with Gasteiger partial charge < -0.3 is 10.0 Å². The van der Waals surface area contributed by atoms with Gasteiger partial charge >= 0.3 is 5.97 Å². The number of hydrogen-bond acceptors (Lipinski definition) is 3. The van der Waals surface area contributed by atoms with Crippen molar-refractivity contribution in [3.8, 4) is 0 Å². The number of rotatable bonds is 6. The molecule has 1 aromatic heterocycles. The van der Waals surface area contributed by atoms with Crippen molar-refractivity contribution in [1.29, 1.82) is 0 Å². The Kier molecular flexibility index (Phi) is 5.26. The summed E-state index contributed by atoms with van der Waals surface area (Å²) in [5.41, 5.74) is 0.823. The number of nitrogens with zero attached hydrogens (tertiary/aromatic N) is 1. The third-order valence-corrected chi connectivity index (χ3v) is 4.99. The smallest absolute Gasteiger partial charge is 0.323 e. The highest BCUT2D eigenvalue weighted by Crippen LogP contribution is 2.32. The zero-order valence-corrected chi connectivity index (χ0v) is 13.6. The van der Waals surface area contributed by atoms with Crippen molar-refractivity contribution < 1.29 is 9.90 Å². The molecule has 1 heterocycles. The fraction of sp³-hybridized carbons (Fsp3) is 0.312. The maximum atomic E-state index is 11.2. The molecule has 3 nitrogen and oxygen atoms in total. The molecule has 1 unspecified atom stereocenters. The highest BCUT2D eigenvalue weighted by molar-refractivity contribution is 7.12. The quantitative estimate of drug-likeness (QED) is 0.843. The van der Waals surface area contributed by atoms with Gasteiger partial charge in [0.2, 0.25) is 0 Å². The maximum Gasteiger partial charge on any atom is 0.323 e. The van der Waals surface area contributed by atoms with Gasteiger partial charge in [0.05, 0.1) is 6.04 Å². The minimum Gasteiger partial charge on any atom is -0.480 e. The third-order valence-electron chi connectivity index (χ3n) is 3.36. The van der Waals surface area contributed by atoms with Gasteiger partial charge in [0.15, 0.2) is 0 Å². The summed E-state index contributed by atoms with van der Waals surface area (Å²) < 4.78 is 0. The highest BCUT2D eigenvalue weighted by atomic mass is 35.5. The van der Waals surface area contributed by atoms with Crippen molar-refractivity contribution in [2.24, 2.45) is 0 Å². The lowest BCUT2D eigenvalue weighted by Gasteiger charge is -2.29. The zero-order chi connectivity index (χ0) is 15.4. The second kappa shape index (κ2) is 6.96. The van der Waals surface area contributed by atoms with E-state index in [9.17, 15) is 9.90 Å². The van der Waals surface area contributed by atoms with Crippen LogP contribution in [0.3, 0.4) is 0 Å². The standard InChI is InChI=1S/C16H18ClNO2S/c1-3-14-7-8-15(21-14)11(2)18(10-16(19)20)13-6-4-5-12(17)9-13/h4-9,11H,3,10H2,1-2H3,(H,19,20). The predicted octanol–water partition coefficient (Wildman–Crippen LogP) is 4.62. The van der Waals surface area contributed by atoms with Crippen molar-refractivity contribution in [3.63, 3.8) is 0 Å². The molecule has 21 heavy (non-hydrogen) atoms. The number of benzene rings is 1. The van der Waals surface area contributed by atoms with Crippen molar-refractivity contribution in [1.82, 2.24) is 0 Å². The van der Waals surface area contributed by atoms with E-state index in [-0.39, 0.29) is 12.6 Å². The number of halogens is 1. The van der Waals surface area contributed by atoms with Crippen LogP contribution in [-0.2, 0) is 11.2 Å². The van der Waals surface area contributed by atoms with Crippen molar-refractivity contribution in [2.45, 2.75) is 26.3 Å². The molecular formula is C16H18ClNO2S. The van der Waals surface area contributed by atoms with Crippen LogP contribution in [0.4, 0.5) is 5.69 Å². The van der Waals surface area contributed by atoms with Crippen LogP contribution in [0.5, 0.6) is 0 Å². The Hall–Kier alpha value is -1.52. The Morgan fingerprint density at radius 1 is 1.38 bits per heavy atom. The fourth-order valence-electron chi connectivity index (χ4n) is 2.21. The lowest BCUT2D eigenvalue weighted by Crippen LogP contribution is -2.31. The highest BCUT2D eigenvalue weighted by Gasteiger charge is 2.20. The third kappa shape index (κ3) is 3.99. The molecular weight excluding hydrogens is 306 g/mol. The summed E-state index contributed by atoms with van der Waals surface area (Å²) in [5.74, 6) is -0.853. The second-order valence-corrected chi connectivity index (χ2v) is 6.47. The molecule has 1 atom stereocenters. The normalized spacial score (nSPS) is 12.1. The van der Waals surface area contributed by atoms with Gasteiger partial charge in [-0.15, -0.1) is 11.3 Å². The number of carbonyl (C=O) groups is 1. The first kappa shape index (κ1) is 15.9. The molecule has 2 rings (SSSR count). The van der Waals surface area contributed by atoms with Gasteiger partial charge in [0, 0.05) is 20.5 Å². The SMILES string of the molecule is CCc1ccc(C(C)N(CC(=O)O)c2cccc(Cl)c2)s1. The molecule has 2 aromatic rings. The molecule has 0 amide bonds. The van der Waals surface area contributed by atoms with Crippen LogP contribution >= 0.6 is 22.9 Å². The van der Waals surface area contributed by atoms with Crippen LogP contribution < -0.4 is 4.90 Å². The van der Waals surface area contributed by atoms with E-state index in [0.717, 1.165) is 17.0 Å². The first-order chi connectivity index (χ1) is 10.0. The number of carboxylic acid groups (broad SMARTS) is 1. The Bertz CT molecular complexity index is 626. The lowest BCUT2D eigenvalue weighted by atomic mass is 10.2. The second-order valence-electron chi connectivity index (χ2n) is 4.84. The van der Waals surface area contributed by atoms with E-state index in [4.69, 9.17) is 11.6 Å². The summed E-state index contributed by atoms with van der Waals surface area (Å²) in [5, 5.41) is 9.80. The molecule has 5 heteroatoms. The first-order valence-electron chi connectivity index (χ1n) is 6.84. The zero-order valence-electron chi connectivity index (χ0n) is 12.0. The maximum absolute atomic E-state index is 11.2. The summed E-state index contributed by atoms with van der Waals surface area (Å²) >= 11 is 7.76. The summed E-state index contributed by atoms with van der Waals surface area (Å²) in [6, 6.07) is 11.5. The van der Waals surface area contributed by atoms with Crippen molar-refractivity contribution in [3.05, 3.63) is 51.2 Å². The lowest BCUT2D eigenvalue weighted by molar-refractivity contribution is -0.135. The van der Waals surface area contributed by atoms with Crippen LogP contribution in [0.15, 0.2) is 36.4 Å². The molecule has 112 valence electrons. The number of carboxylic acids is 1.